The lowest BCUT2D eigenvalue weighted by Crippen LogP contribution is -2.34. The number of rotatable bonds is 8. The summed E-state index contributed by atoms with van der Waals surface area (Å²) in [5, 5.41) is 9.02. The minimum absolute atomic E-state index is 0.170. The van der Waals surface area contributed by atoms with E-state index in [-0.39, 0.29) is 22.7 Å². The highest BCUT2D eigenvalue weighted by atomic mass is 32.1. The van der Waals surface area contributed by atoms with Crippen LogP contribution in [-0.2, 0) is 0 Å². The predicted molar refractivity (Wildman–Crippen MR) is 137 cm³/mol. The lowest BCUT2D eigenvalue weighted by molar-refractivity contribution is 0.0975. The number of benzene rings is 2. The molecule has 3 N–H and O–H groups in total. The SMILES string of the molecule is CCCCOc1ccc(C(=O)NC(=S)Nc2ccc3nc(NC(=O)c4ccco4)sc3c2)cc1. The topological polar surface area (TPSA) is 105 Å². The van der Waals surface area contributed by atoms with E-state index in [1.807, 2.05) is 6.07 Å². The van der Waals surface area contributed by atoms with Crippen molar-refractivity contribution in [2.24, 2.45) is 0 Å². The molecule has 2 amide bonds. The van der Waals surface area contributed by atoms with Crippen molar-refractivity contribution < 1.29 is 18.7 Å². The Balaban J connectivity index is 1.34. The van der Waals surface area contributed by atoms with Crippen molar-refractivity contribution in [3.63, 3.8) is 0 Å². The second-order valence-corrected chi connectivity index (χ2v) is 8.71. The Morgan fingerprint density at radius 1 is 1.09 bits per heavy atom. The number of unbranched alkanes of at least 4 members (excludes halogenated alkanes) is 1. The van der Waals surface area contributed by atoms with Crippen molar-refractivity contribution in [2.45, 2.75) is 19.8 Å². The van der Waals surface area contributed by atoms with Crippen LogP contribution in [0.15, 0.2) is 65.3 Å². The van der Waals surface area contributed by atoms with Crippen LogP contribution in [0.25, 0.3) is 10.2 Å². The molecule has 0 spiro atoms. The molecule has 0 saturated carbocycles. The predicted octanol–water partition coefficient (Wildman–Crippen LogP) is 5.45. The second kappa shape index (κ2) is 10.9. The van der Waals surface area contributed by atoms with E-state index < -0.39 is 0 Å². The molecule has 0 fully saturated rings. The largest absolute Gasteiger partial charge is 0.494 e. The quantitative estimate of drug-likeness (QED) is 0.221. The fraction of sp³-hybridized carbons (Fsp3) is 0.167. The van der Waals surface area contributed by atoms with Crippen molar-refractivity contribution in [3.05, 3.63) is 72.2 Å². The number of thiocarbonyl (C=S) groups is 1. The summed E-state index contributed by atoms with van der Waals surface area (Å²) in [6.07, 6.45) is 3.48. The van der Waals surface area contributed by atoms with E-state index in [1.54, 1.807) is 48.5 Å². The molecule has 4 rings (SSSR count). The van der Waals surface area contributed by atoms with Crippen molar-refractivity contribution in [2.75, 3.05) is 17.2 Å². The van der Waals surface area contributed by atoms with Gasteiger partial charge in [-0.3, -0.25) is 20.2 Å². The minimum Gasteiger partial charge on any atom is -0.494 e. The minimum atomic E-state index is -0.369. The molecule has 0 atom stereocenters. The van der Waals surface area contributed by atoms with Gasteiger partial charge in [-0.05, 0) is 73.2 Å². The zero-order valence-corrected chi connectivity index (χ0v) is 19.9. The Hall–Kier alpha value is -3.76. The van der Waals surface area contributed by atoms with Crippen molar-refractivity contribution in [1.29, 1.82) is 0 Å². The molecule has 2 heterocycles. The summed E-state index contributed by atoms with van der Waals surface area (Å²) in [6, 6.07) is 15.6. The Morgan fingerprint density at radius 2 is 1.91 bits per heavy atom. The van der Waals surface area contributed by atoms with Gasteiger partial charge in [-0.25, -0.2) is 4.98 Å². The zero-order valence-electron chi connectivity index (χ0n) is 18.3. The summed E-state index contributed by atoms with van der Waals surface area (Å²) in [6.45, 7) is 2.75. The highest BCUT2D eigenvalue weighted by Gasteiger charge is 2.13. The Bertz CT molecular complexity index is 1300. The van der Waals surface area contributed by atoms with E-state index in [0.717, 1.165) is 28.8 Å². The first-order valence-corrected chi connectivity index (χ1v) is 11.8. The molecule has 0 unspecified atom stereocenters. The molecular formula is C24H22N4O4S2. The number of hydrogen-bond acceptors (Lipinski definition) is 7. The lowest BCUT2D eigenvalue weighted by Gasteiger charge is -2.10. The second-order valence-electron chi connectivity index (χ2n) is 7.27. The molecule has 8 nitrogen and oxygen atoms in total. The van der Waals surface area contributed by atoms with Gasteiger partial charge in [-0.15, -0.1) is 0 Å². The maximum atomic E-state index is 12.5. The van der Waals surface area contributed by atoms with Crippen LogP contribution in [0.5, 0.6) is 5.75 Å². The highest BCUT2D eigenvalue weighted by Crippen LogP contribution is 2.28. The third-order valence-electron chi connectivity index (χ3n) is 4.72. The summed E-state index contributed by atoms with van der Waals surface area (Å²) in [4.78, 5) is 29.1. The number of nitrogens with zero attached hydrogens (tertiary/aromatic N) is 1. The zero-order chi connectivity index (χ0) is 23.9. The summed E-state index contributed by atoms with van der Waals surface area (Å²) < 4.78 is 11.5. The maximum Gasteiger partial charge on any atom is 0.293 e. The van der Waals surface area contributed by atoms with Gasteiger partial charge < -0.3 is 14.5 Å². The van der Waals surface area contributed by atoms with Gasteiger partial charge in [0.1, 0.15) is 5.75 Å². The molecule has 34 heavy (non-hydrogen) atoms. The van der Waals surface area contributed by atoms with Gasteiger partial charge in [0.15, 0.2) is 16.0 Å². The van der Waals surface area contributed by atoms with Crippen LogP contribution in [0, 0.1) is 0 Å². The Morgan fingerprint density at radius 3 is 2.65 bits per heavy atom. The lowest BCUT2D eigenvalue weighted by atomic mass is 10.2. The molecule has 0 aliphatic rings. The van der Waals surface area contributed by atoms with Crippen LogP contribution in [0.2, 0.25) is 0 Å². The van der Waals surface area contributed by atoms with E-state index in [0.29, 0.717) is 23.0 Å². The van der Waals surface area contributed by atoms with Crippen molar-refractivity contribution >= 4 is 61.5 Å². The van der Waals surface area contributed by atoms with Crippen LogP contribution >= 0.6 is 23.6 Å². The molecule has 2 aromatic heterocycles. The van der Waals surface area contributed by atoms with E-state index in [9.17, 15) is 9.59 Å². The monoisotopic (exact) mass is 494 g/mol. The van der Waals surface area contributed by atoms with Gasteiger partial charge in [-0.1, -0.05) is 24.7 Å². The highest BCUT2D eigenvalue weighted by molar-refractivity contribution is 7.80. The summed E-state index contributed by atoms with van der Waals surface area (Å²) >= 11 is 6.61. The Kier molecular flexibility index (Phi) is 7.51. The number of carbonyl (C=O) groups is 2. The van der Waals surface area contributed by atoms with Gasteiger partial charge in [0.2, 0.25) is 0 Å². The molecule has 0 bridgehead atoms. The maximum absolute atomic E-state index is 12.5. The summed E-state index contributed by atoms with van der Waals surface area (Å²) in [7, 11) is 0. The van der Waals surface area contributed by atoms with Gasteiger partial charge >= 0.3 is 0 Å². The molecule has 0 aliphatic heterocycles. The molecule has 0 saturated heterocycles. The molecule has 2 aromatic carbocycles. The standard InChI is InChI=1S/C24H22N4O4S2/c1-2-3-12-31-17-9-6-15(7-10-17)21(29)27-23(33)25-16-8-11-18-20(14-16)34-24(26-18)28-22(30)19-5-4-13-32-19/h4-11,13-14H,2-3,12H2,1H3,(H,26,28,30)(H2,25,27,29,33). The number of nitrogens with one attached hydrogen (secondary N) is 3. The number of amides is 2. The van der Waals surface area contributed by atoms with Gasteiger partial charge in [-0.2, -0.15) is 0 Å². The number of carbonyl (C=O) groups excluding carboxylic acids is 2. The number of hydrogen-bond donors (Lipinski definition) is 3. The smallest absolute Gasteiger partial charge is 0.293 e. The molecule has 0 radical (unpaired) electrons. The van der Waals surface area contributed by atoms with Crippen LogP contribution in [-0.4, -0.2) is 28.5 Å². The molecule has 4 aromatic rings. The molecule has 174 valence electrons. The summed E-state index contributed by atoms with van der Waals surface area (Å²) in [5.74, 6) is 0.246. The normalized spacial score (nSPS) is 10.6. The van der Waals surface area contributed by atoms with Crippen LogP contribution < -0.4 is 20.7 Å². The van der Waals surface area contributed by atoms with Gasteiger partial charge in [0.25, 0.3) is 11.8 Å². The van der Waals surface area contributed by atoms with E-state index in [1.165, 1.54) is 17.6 Å². The molecule has 0 aliphatic carbocycles. The van der Waals surface area contributed by atoms with E-state index in [2.05, 4.69) is 27.9 Å². The third kappa shape index (κ3) is 5.97. The van der Waals surface area contributed by atoms with E-state index >= 15 is 0 Å². The number of furan rings is 1. The van der Waals surface area contributed by atoms with Crippen molar-refractivity contribution in [3.8, 4) is 5.75 Å². The number of anilines is 2. The molecule has 10 heteroatoms. The fourth-order valence-corrected chi connectivity index (χ4v) is 4.11. The first-order valence-electron chi connectivity index (χ1n) is 10.6. The molecular weight excluding hydrogens is 472 g/mol. The van der Waals surface area contributed by atoms with Gasteiger partial charge in [0.05, 0.1) is 23.1 Å². The van der Waals surface area contributed by atoms with Crippen molar-refractivity contribution in [1.82, 2.24) is 10.3 Å². The first kappa shape index (κ1) is 23.4. The first-order chi connectivity index (χ1) is 16.5. The average Bonchev–Trinajstić information content (AvgIpc) is 3.49. The number of thiazole rings is 1. The third-order valence-corrected chi connectivity index (χ3v) is 5.86. The number of fused-ring (bicyclic) bond motifs is 1. The van der Waals surface area contributed by atoms with Gasteiger partial charge in [0, 0.05) is 11.3 Å². The average molecular weight is 495 g/mol. The van der Waals surface area contributed by atoms with E-state index in [4.69, 9.17) is 21.4 Å². The number of ether oxygens (including phenoxy) is 1. The van der Waals surface area contributed by atoms with Crippen LogP contribution in [0.4, 0.5) is 10.8 Å². The fourth-order valence-electron chi connectivity index (χ4n) is 3.00. The summed E-state index contributed by atoms with van der Waals surface area (Å²) in [5.41, 5.74) is 1.88. The number of aromatic nitrogens is 1. The van der Waals surface area contributed by atoms with Crippen LogP contribution in [0.1, 0.15) is 40.7 Å². The van der Waals surface area contributed by atoms with Crippen LogP contribution in [0.3, 0.4) is 0 Å². The Labute approximate surface area is 205 Å².